The second kappa shape index (κ2) is 5.89. The Labute approximate surface area is 99.3 Å². The summed E-state index contributed by atoms with van der Waals surface area (Å²) in [6.45, 7) is 3.43. The number of methoxy groups -OCH3 is 1. The molecule has 0 aliphatic heterocycles. The predicted octanol–water partition coefficient (Wildman–Crippen LogP) is 2.43. The molecule has 0 atom stereocenters. The van der Waals surface area contributed by atoms with Crippen molar-refractivity contribution < 1.29 is 23.8 Å². The molecule has 0 saturated carbocycles. The first-order valence-corrected chi connectivity index (χ1v) is 5.08. The zero-order chi connectivity index (χ0) is 12.8. The smallest absolute Gasteiger partial charge is 0.493 e. The first-order valence-electron chi connectivity index (χ1n) is 5.08. The van der Waals surface area contributed by atoms with Gasteiger partial charge in [0.05, 0.1) is 13.2 Å². The third kappa shape index (κ3) is 3.79. The monoisotopic (exact) mass is 238 g/mol. The molecule has 0 aliphatic rings. The molecule has 0 spiro atoms. The number of hydrogen-bond donors (Lipinski definition) is 0. The Balaban J connectivity index is 2.83. The molecule has 17 heavy (non-hydrogen) atoms. The molecule has 0 aromatic heterocycles. The van der Waals surface area contributed by atoms with Crippen LogP contribution in [-0.2, 0) is 4.74 Å². The molecule has 0 amide bonds. The summed E-state index contributed by atoms with van der Waals surface area (Å²) >= 11 is 0. The Morgan fingerprint density at radius 2 is 2.00 bits per heavy atom. The van der Waals surface area contributed by atoms with E-state index in [2.05, 4.69) is 0 Å². The Morgan fingerprint density at radius 1 is 1.29 bits per heavy atom. The van der Waals surface area contributed by atoms with Crippen molar-refractivity contribution in [3.05, 3.63) is 23.8 Å². The van der Waals surface area contributed by atoms with E-state index < -0.39 is 6.16 Å². The Morgan fingerprint density at radius 3 is 2.53 bits per heavy atom. The van der Waals surface area contributed by atoms with Crippen LogP contribution in [0.5, 0.6) is 11.5 Å². The maximum atomic E-state index is 11.3. The van der Waals surface area contributed by atoms with E-state index in [0.29, 0.717) is 17.6 Å². The first kappa shape index (κ1) is 13.0. The molecule has 1 aromatic carbocycles. The lowest BCUT2D eigenvalue weighted by Crippen LogP contribution is -2.16. The fraction of sp³-hybridized carbons (Fsp3) is 0.333. The molecular weight excluding hydrogens is 224 g/mol. The Bertz CT molecular complexity index is 411. The van der Waals surface area contributed by atoms with E-state index in [0.717, 1.165) is 0 Å². The van der Waals surface area contributed by atoms with Crippen molar-refractivity contribution in [2.24, 2.45) is 0 Å². The molecule has 0 saturated heterocycles. The normalized spacial score (nSPS) is 9.88. The third-order valence-electron chi connectivity index (χ3n) is 1.85. The summed E-state index contributed by atoms with van der Waals surface area (Å²) in [5.74, 6) is 0.513. The Kier molecular flexibility index (Phi) is 4.51. The number of carbonyl (C=O) groups is 2. The summed E-state index contributed by atoms with van der Waals surface area (Å²) in [5.41, 5.74) is 0.437. The maximum Gasteiger partial charge on any atom is 0.514 e. The molecule has 0 aliphatic carbocycles. The SMILES string of the molecule is COc1cc(C=O)ccc1OC(=O)OC(C)C. The van der Waals surface area contributed by atoms with Crippen molar-refractivity contribution in [3.63, 3.8) is 0 Å². The van der Waals surface area contributed by atoms with Gasteiger partial charge in [0.25, 0.3) is 0 Å². The molecule has 5 heteroatoms. The highest BCUT2D eigenvalue weighted by molar-refractivity contribution is 5.77. The fourth-order valence-corrected chi connectivity index (χ4v) is 1.15. The maximum absolute atomic E-state index is 11.3. The highest BCUT2D eigenvalue weighted by Gasteiger charge is 2.12. The van der Waals surface area contributed by atoms with Gasteiger partial charge in [-0.15, -0.1) is 0 Å². The van der Waals surface area contributed by atoms with E-state index >= 15 is 0 Å². The number of rotatable bonds is 4. The highest BCUT2D eigenvalue weighted by atomic mass is 16.7. The van der Waals surface area contributed by atoms with E-state index in [1.807, 2.05) is 0 Å². The summed E-state index contributed by atoms with van der Waals surface area (Å²) in [4.78, 5) is 21.8. The molecule has 1 aromatic rings. The standard InChI is InChI=1S/C12H14O5/c1-8(2)16-12(14)17-10-5-4-9(7-13)6-11(10)15-3/h4-8H,1-3H3. The summed E-state index contributed by atoms with van der Waals surface area (Å²) in [6, 6.07) is 4.47. The minimum Gasteiger partial charge on any atom is -0.493 e. The number of aldehydes is 1. The van der Waals surface area contributed by atoms with Gasteiger partial charge in [-0.3, -0.25) is 4.79 Å². The van der Waals surface area contributed by atoms with E-state index in [1.54, 1.807) is 13.8 Å². The predicted molar refractivity (Wildman–Crippen MR) is 60.6 cm³/mol. The van der Waals surface area contributed by atoms with Crippen molar-refractivity contribution in [2.75, 3.05) is 7.11 Å². The zero-order valence-corrected chi connectivity index (χ0v) is 9.93. The number of ether oxygens (including phenoxy) is 3. The van der Waals surface area contributed by atoms with Crippen LogP contribution in [-0.4, -0.2) is 25.7 Å². The van der Waals surface area contributed by atoms with Gasteiger partial charge < -0.3 is 14.2 Å². The van der Waals surface area contributed by atoms with Gasteiger partial charge in [-0.1, -0.05) is 0 Å². The van der Waals surface area contributed by atoms with Crippen LogP contribution in [0, 0.1) is 0 Å². The first-order chi connectivity index (χ1) is 8.06. The van der Waals surface area contributed by atoms with Crippen molar-refractivity contribution in [1.29, 1.82) is 0 Å². The van der Waals surface area contributed by atoms with Crippen LogP contribution in [0.25, 0.3) is 0 Å². The van der Waals surface area contributed by atoms with Crippen LogP contribution in [0.15, 0.2) is 18.2 Å². The second-order valence-electron chi connectivity index (χ2n) is 3.55. The molecule has 5 nitrogen and oxygen atoms in total. The minimum absolute atomic E-state index is 0.212. The summed E-state index contributed by atoms with van der Waals surface area (Å²) < 4.78 is 14.8. The van der Waals surface area contributed by atoms with Crippen LogP contribution in [0.3, 0.4) is 0 Å². The minimum atomic E-state index is -0.808. The van der Waals surface area contributed by atoms with Crippen LogP contribution in [0.2, 0.25) is 0 Å². The largest absolute Gasteiger partial charge is 0.514 e. The van der Waals surface area contributed by atoms with Crippen LogP contribution in [0.4, 0.5) is 4.79 Å². The molecule has 0 bridgehead atoms. The number of carbonyl (C=O) groups excluding carboxylic acids is 2. The van der Waals surface area contributed by atoms with Crippen LogP contribution in [0.1, 0.15) is 24.2 Å². The average Bonchev–Trinajstić information content (AvgIpc) is 2.28. The molecular formula is C12H14O5. The van der Waals surface area contributed by atoms with Crippen molar-refractivity contribution >= 4 is 12.4 Å². The second-order valence-corrected chi connectivity index (χ2v) is 3.55. The number of benzene rings is 1. The molecule has 0 radical (unpaired) electrons. The van der Waals surface area contributed by atoms with Gasteiger partial charge in [-0.05, 0) is 32.0 Å². The van der Waals surface area contributed by atoms with Gasteiger partial charge in [0.15, 0.2) is 11.5 Å². The van der Waals surface area contributed by atoms with E-state index in [4.69, 9.17) is 14.2 Å². The molecule has 0 heterocycles. The zero-order valence-electron chi connectivity index (χ0n) is 9.93. The number of hydrogen-bond acceptors (Lipinski definition) is 5. The molecule has 0 N–H and O–H groups in total. The molecule has 1 rings (SSSR count). The van der Waals surface area contributed by atoms with Gasteiger partial charge in [0.2, 0.25) is 0 Å². The lowest BCUT2D eigenvalue weighted by atomic mass is 10.2. The van der Waals surface area contributed by atoms with Crippen molar-refractivity contribution in [2.45, 2.75) is 20.0 Å². The van der Waals surface area contributed by atoms with Crippen molar-refractivity contribution in [3.8, 4) is 11.5 Å². The van der Waals surface area contributed by atoms with E-state index in [1.165, 1.54) is 25.3 Å². The lowest BCUT2D eigenvalue weighted by Gasteiger charge is -2.11. The molecule has 0 fully saturated rings. The summed E-state index contributed by atoms with van der Waals surface area (Å²) in [7, 11) is 1.42. The van der Waals surface area contributed by atoms with Gasteiger partial charge >= 0.3 is 6.16 Å². The van der Waals surface area contributed by atoms with E-state index in [-0.39, 0.29) is 11.9 Å². The molecule has 92 valence electrons. The summed E-state index contributed by atoms with van der Waals surface area (Å²) in [6.07, 6.45) is -0.390. The van der Waals surface area contributed by atoms with Gasteiger partial charge in [0.1, 0.15) is 6.29 Å². The third-order valence-corrected chi connectivity index (χ3v) is 1.85. The lowest BCUT2D eigenvalue weighted by molar-refractivity contribution is 0.0720. The van der Waals surface area contributed by atoms with E-state index in [9.17, 15) is 9.59 Å². The Hall–Kier alpha value is -2.04. The highest BCUT2D eigenvalue weighted by Crippen LogP contribution is 2.27. The average molecular weight is 238 g/mol. The van der Waals surface area contributed by atoms with Gasteiger partial charge in [0, 0.05) is 5.56 Å². The summed E-state index contributed by atoms with van der Waals surface area (Å²) in [5, 5.41) is 0. The van der Waals surface area contributed by atoms with Crippen LogP contribution >= 0.6 is 0 Å². The quantitative estimate of drug-likeness (QED) is 0.458. The fourth-order valence-electron chi connectivity index (χ4n) is 1.15. The van der Waals surface area contributed by atoms with Gasteiger partial charge in [-0.2, -0.15) is 0 Å². The molecule has 0 unspecified atom stereocenters. The van der Waals surface area contributed by atoms with Crippen molar-refractivity contribution in [1.82, 2.24) is 0 Å². The topological polar surface area (TPSA) is 61.8 Å². The van der Waals surface area contributed by atoms with Gasteiger partial charge in [-0.25, -0.2) is 4.79 Å². The van der Waals surface area contributed by atoms with Crippen LogP contribution < -0.4 is 9.47 Å².